The zero-order valence-corrected chi connectivity index (χ0v) is 12.3. The summed E-state index contributed by atoms with van der Waals surface area (Å²) in [5, 5.41) is 2.04. The van der Waals surface area contributed by atoms with Crippen LogP contribution in [0, 0.1) is 0 Å². The monoisotopic (exact) mass is 286 g/mol. The Bertz CT molecular complexity index is 457. The van der Waals surface area contributed by atoms with Crippen LogP contribution in [-0.4, -0.2) is 34.4 Å². The number of nitrogens with two attached hydrogens (primary N) is 1. The molecule has 1 rings (SSSR count). The smallest absolute Gasteiger partial charge is 0.119 e. The molecule has 0 heterocycles. The van der Waals surface area contributed by atoms with E-state index >= 15 is 0 Å². The van der Waals surface area contributed by atoms with Crippen LogP contribution in [-0.2, 0) is 16.6 Å². The van der Waals surface area contributed by atoms with E-state index < -0.39 is 10.0 Å². The van der Waals surface area contributed by atoms with Gasteiger partial charge in [-0.05, 0) is 30.7 Å². The summed E-state index contributed by atoms with van der Waals surface area (Å²) in [6, 6.07) is 7.96. The van der Waals surface area contributed by atoms with Gasteiger partial charge < -0.3 is 14.8 Å². The summed E-state index contributed by atoms with van der Waals surface area (Å²) < 4.78 is 30.6. The molecule has 0 aliphatic rings. The number of sulfonamides is 1. The standard InChI is InChI=1S/C13H21N2O3S/c1-3-10-18-13-6-4-12(5-7-13)11-14-8-9-15-19(2,16)17/h4-7,14H,3,8-11H2,1-2H3/q-1/p+1. The molecule has 0 amide bonds. The number of quaternary nitrogens is 1. The van der Waals surface area contributed by atoms with Crippen molar-refractivity contribution in [1.29, 1.82) is 0 Å². The van der Waals surface area contributed by atoms with Crippen molar-refractivity contribution in [2.24, 2.45) is 0 Å². The average molecular weight is 286 g/mol. The van der Waals surface area contributed by atoms with Gasteiger partial charge in [0.2, 0.25) is 0 Å². The molecule has 6 heteroatoms. The van der Waals surface area contributed by atoms with Crippen LogP contribution >= 0.6 is 0 Å². The molecule has 108 valence electrons. The lowest BCUT2D eigenvalue weighted by atomic mass is 10.2. The molecule has 0 saturated heterocycles. The number of rotatable bonds is 9. The third-order valence-corrected chi connectivity index (χ3v) is 3.09. The van der Waals surface area contributed by atoms with E-state index in [1.165, 1.54) is 5.56 Å². The van der Waals surface area contributed by atoms with Gasteiger partial charge in [0.15, 0.2) is 0 Å². The lowest BCUT2D eigenvalue weighted by Gasteiger charge is -2.14. The Morgan fingerprint density at radius 3 is 2.53 bits per heavy atom. The van der Waals surface area contributed by atoms with Gasteiger partial charge in [0, 0.05) is 11.8 Å². The van der Waals surface area contributed by atoms with Crippen molar-refractivity contribution in [3.63, 3.8) is 0 Å². The highest BCUT2D eigenvalue weighted by molar-refractivity contribution is 7.93. The summed E-state index contributed by atoms with van der Waals surface area (Å²) in [7, 11) is -3.20. The number of hydrogen-bond donors (Lipinski definition) is 1. The minimum absolute atomic E-state index is 0.330. The van der Waals surface area contributed by atoms with Crippen LogP contribution in [0.4, 0.5) is 0 Å². The van der Waals surface area contributed by atoms with Gasteiger partial charge in [-0.3, -0.25) is 0 Å². The molecule has 0 radical (unpaired) electrons. The van der Waals surface area contributed by atoms with Gasteiger partial charge in [-0.15, -0.1) is 0 Å². The number of nitrogens with zero attached hydrogens (tertiary/aromatic N) is 1. The fraction of sp³-hybridized carbons (Fsp3) is 0.538. The van der Waals surface area contributed by atoms with Gasteiger partial charge >= 0.3 is 0 Å². The number of hydrogen-bond acceptors (Lipinski definition) is 3. The molecule has 0 aliphatic heterocycles. The Balaban J connectivity index is 2.22. The van der Waals surface area contributed by atoms with Gasteiger partial charge in [0.25, 0.3) is 0 Å². The number of ether oxygens (including phenoxy) is 1. The third kappa shape index (κ3) is 7.81. The second-order valence-corrected chi connectivity index (χ2v) is 6.08. The zero-order chi connectivity index (χ0) is 14.1. The average Bonchev–Trinajstić information content (AvgIpc) is 2.36. The first kappa shape index (κ1) is 15.9. The van der Waals surface area contributed by atoms with E-state index in [9.17, 15) is 8.42 Å². The van der Waals surface area contributed by atoms with E-state index in [0.29, 0.717) is 13.1 Å². The zero-order valence-electron chi connectivity index (χ0n) is 11.5. The van der Waals surface area contributed by atoms with Crippen LogP contribution in [0.15, 0.2) is 24.3 Å². The van der Waals surface area contributed by atoms with E-state index in [0.717, 1.165) is 31.6 Å². The summed E-state index contributed by atoms with van der Waals surface area (Å²) in [4.78, 5) is 0. The SMILES string of the molecule is CCCOc1ccc(C[NH2+]CC[N-]S(C)(=O)=O)cc1. The summed E-state index contributed by atoms with van der Waals surface area (Å²) in [6.45, 7) is 4.62. The molecule has 5 nitrogen and oxygen atoms in total. The van der Waals surface area contributed by atoms with Crippen LogP contribution in [0.3, 0.4) is 0 Å². The van der Waals surface area contributed by atoms with Crippen LogP contribution in [0.25, 0.3) is 4.72 Å². The minimum atomic E-state index is -3.20. The lowest BCUT2D eigenvalue weighted by molar-refractivity contribution is -0.667. The fourth-order valence-corrected chi connectivity index (χ4v) is 1.96. The second kappa shape index (κ2) is 8.14. The Morgan fingerprint density at radius 1 is 1.26 bits per heavy atom. The molecule has 0 aromatic heterocycles. The first-order valence-corrected chi connectivity index (χ1v) is 8.28. The van der Waals surface area contributed by atoms with Crippen LogP contribution in [0.5, 0.6) is 5.75 Å². The largest absolute Gasteiger partial charge is 0.545 e. The topological polar surface area (TPSA) is 74.1 Å². The summed E-state index contributed by atoms with van der Waals surface area (Å²) >= 11 is 0. The molecule has 0 spiro atoms. The molecular formula is C13H22N2O3S. The van der Waals surface area contributed by atoms with Crippen molar-refractivity contribution in [3.8, 4) is 5.75 Å². The highest BCUT2D eigenvalue weighted by Crippen LogP contribution is 2.11. The van der Waals surface area contributed by atoms with E-state index in [1.54, 1.807) is 0 Å². The highest BCUT2D eigenvalue weighted by Gasteiger charge is 1.96. The first-order valence-electron chi connectivity index (χ1n) is 6.43. The normalized spacial score (nSPS) is 11.5. The van der Waals surface area contributed by atoms with Crippen molar-refractivity contribution in [1.82, 2.24) is 0 Å². The summed E-state index contributed by atoms with van der Waals surface area (Å²) in [6.07, 6.45) is 2.11. The first-order chi connectivity index (χ1) is 9.01. The van der Waals surface area contributed by atoms with Gasteiger partial charge in [-0.25, -0.2) is 8.42 Å². The highest BCUT2D eigenvalue weighted by atomic mass is 32.2. The van der Waals surface area contributed by atoms with Gasteiger partial charge in [0.05, 0.1) is 23.2 Å². The Kier molecular flexibility index (Phi) is 6.83. The quantitative estimate of drug-likeness (QED) is 0.685. The second-order valence-electron chi connectivity index (χ2n) is 4.36. The van der Waals surface area contributed by atoms with Crippen molar-refractivity contribution in [3.05, 3.63) is 34.6 Å². The van der Waals surface area contributed by atoms with Gasteiger partial charge in [-0.1, -0.05) is 13.5 Å². The maximum absolute atomic E-state index is 10.8. The Morgan fingerprint density at radius 2 is 1.95 bits per heavy atom. The molecule has 1 aromatic carbocycles. The third-order valence-electron chi connectivity index (χ3n) is 2.44. The van der Waals surface area contributed by atoms with Crippen molar-refractivity contribution in [2.75, 3.05) is 26.0 Å². The molecule has 0 unspecified atom stereocenters. The Hall–Kier alpha value is -1.11. The molecule has 0 bridgehead atoms. The minimum Gasteiger partial charge on any atom is -0.545 e. The van der Waals surface area contributed by atoms with E-state index in [2.05, 4.69) is 11.6 Å². The molecule has 1 aromatic rings. The predicted molar refractivity (Wildman–Crippen MR) is 75.8 cm³/mol. The lowest BCUT2D eigenvalue weighted by Crippen LogP contribution is -2.83. The molecule has 0 atom stereocenters. The van der Waals surface area contributed by atoms with Crippen LogP contribution in [0.2, 0.25) is 0 Å². The summed E-state index contributed by atoms with van der Waals surface area (Å²) in [5.74, 6) is 0.887. The van der Waals surface area contributed by atoms with Crippen molar-refractivity contribution in [2.45, 2.75) is 19.9 Å². The number of benzene rings is 1. The molecular weight excluding hydrogens is 264 g/mol. The van der Waals surface area contributed by atoms with E-state index in [4.69, 9.17) is 4.74 Å². The van der Waals surface area contributed by atoms with Crippen molar-refractivity contribution >= 4 is 10.0 Å². The Labute approximate surface area is 115 Å². The van der Waals surface area contributed by atoms with E-state index in [1.807, 2.05) is 29.6 Å². The summed E-state index contributed by atoms with van der Waals surface area (Å²) in [5.41, 5.74) is 1.18. The fourth-order valence-electron chi connectivity index (χ4n) is 1.52. The molecule has 2 N–H and O–H groups in total. The predicted octanol–water partition coefficient (Wildman–Crippen LogP) is 0.872. The molecule has 0 aliphatic carbocycles. The van der Waals surface area contributed by atoms with Crippen LogP contribution < -0.4 is 10.1 Å². The van der Waals surface area contributed by atoms with Gasteiger partial charge in [-0.2, -0.15) is 0 Å². The molecule has 19 heavy (non-hydrogen) atoms. The van der Waals surface area contributed by atoms with Gasteiger partial charge in [0.1, 0.15) is 12.3 Å². The molecule has 0 fully saturated rings. The van der Waals surface area contributed by atoms with Crippen molar-refractivity contribution < 1.29 is 18.5 Å². The van der Waals surface area contributed by atoms with E-state index in [-0.39, 0.29) is 0 Å². The maximum Gasteiger partial charge on any atom is 0.119 e. The molecule has 0 saturated carbocycles. The van der Waals surface area contributed by atoms with Crippen LogP contribution in [0.1, 0.15) is 18.9 Å². The maximum atomic E-state index is 10.8.